The maximum absolute atomic E-state index is 12.6. The fourth-order valence-corrected chi connectivity index (χ4v) is 4.10. The number of nitrogens with one attached hydrogen (secondary N) is 2. The molecule has 2 unspecified atom stereocenters. The average molecular weight is 366 g/mol. The van der Waals surface area contributed by atoms with Crippen molar-refractivity contribution >= 4 is 6.03 Å². The maximum atomic E-state index is 12.6. The van der Waals surface area contributed by atoms with E-state index in [1.54, 1.807) is 0 Å². The largest absolute Gasteiger partial charge is 0.338 e. The third-order valence-corrected chi connectivity index (χ3v) is 5.46. The Hall–Kier alpha value is -2.33. The molecule has 144 valence electrons. The molecule has 0 radical (unpaired) electrons. The highest BCUT2D eigenvalue weighted by molar-refractivity contribution is 5.74. The van der Waals surface area contributed by atoms with Gasteiger partial charge in [0.1, 0.15) is 0 Å². The second kappa shape index (κ2) is 9.05. The molecule has 3 rings (SSSR count). The van der Waals surface area contributed by atoms with E-state index in [0.29, 0.717) is 12.6 Å². The molecule has 0 aromatic heterocycles. The number of benzene rings is 2. The van der Waals surface area contributed by atoms with Gasteiger partial charge in [-0.3, -0.25) is 0 Å². The molecule has 2 amide bonds. The van der Waals surface area contributed by atoms with E-state index in [1.165, 1.54) is 22.3 Å². The molecule has 1 heterocycles. The Bertz CT molecular complexity index is 774. The molecule has 1 aliphatic rings. The zero-order valence-corrected chi connectivity index (χ0v) is 16.7. The van der Waals surface area contributed by atoms with Crippen molar-refractivity contribution in [2.45, 2.75) is 45.2 Å². The highest BCUT2D eigenvalue weighted by atomic mass is 16.2. The predicted molar refractivity (Wildman–Crippen MR) is 112 cm³/mol. The van der Waals surface area contributed by atoms with Gasteiger partial charge < -0.3 is 15.5 Å². The zero-order chi connectivity index (χ0) is 19.2. The van der Waals surface area contributed by atoms with Gasteiger partial charge >= 0.3 is 6.03 Å². The molecular formula is C23H31N3O. The van der Waals surface area contributed by atoms with Crippen LogP contribution in [-0.4, -0.2) is 43.2 Å². The van der Waals surface area contributed by atoms with Gasteiger partial charge in [0.15, 0.2) is 0 Å². The van der Waals surface area contributed by atoms with E-state index in [4.69, 9.17) is 0 Å². The summed E-state index contributed by atoms with van der Waals surface area (Å²) in [5.74, 6) is 0. The van der Waals surface area contributed by atoms with Gasteiger partial charge in [-0.25, -0.2) is 4.79 Å². The van der Waals surface area contributed by atoms with Gasteiger partial charge in [-0.1, -0.05) is 54.1 Å². The van der Waals surface area contributed by atoms with E-state index in [0.717, 1.165) is 25.8 Å². The summed E-state index contributed by atoms with van der Waals surface area (Å²) in [6.07, 6.45) is 3.01. The van der Waals surface area contributed by atoms with E-state index in [1.807, 2.05) is 18.9 Å². The van der Waals surface area contributed by atoms with Gasteiger partial charge in [0.25, 0.3) is 0 Å². The summed E-state index contributed by atoms with van der Waals surface area (Å²) in [5, 5.41) is 6.41. The van der Waals surface area contributed by atoms with Crippen molar-refractivity contribution in [1.82, 2.24) is 15.5 Å². The third kappa shape index (κ3) is 4.69. The first-order valence-corrected chi connectivity index (χ1v) is 10.00. The van der Waals surface area contributed by atoms with E-state index < -0.39 is 0 Å². The van der Waals surface area contributed by atoms with E-state index in [2.05, 4.69) is 66.1 Å². The lowest BCUT2D eigenvalue weighted by Crippen LogP contribution is -2.58. The van der Waals surface area contributed by atoms with Crippen LogP contribution in [0, 0.1) is 6.92 Å². The van der Waals surface area contributed by atoms with E-state index in [-0.39, 0.29) is 12.1 Å². The number of likely N-dealkylation sites (N-methyl/N-ethyl adjacent to an activating group) is 1. The van der Waals surface area contributed by atoms with Crippen LogP contribution in [0.15, 0.2) is 48.5 Å². The van der Waals surface area contributed by atoms with Crippen molar-refractivity contribution in [2.24, 2.45) is 0 Å². The summed E-state index contributed by atoms with van der Waals surface area (Å²) in [6.45, 7) is 5.58. The van der Waals surface area contributed by atoms with Crippen molar-refractivity contribution < 1.29 is 4.79 Å². The first-order valence-electron chi connectivity index (χ1n) is 10.00. The lowest BCUT2D eigenvalue weighted by Gasteiger charge is -2.41. The number of piperidine rings is 1. The number of aryl methyl sites for hydroxylation is 1. The fraction of sp³-hybridized carbons (Fsp3) is 0.435. The Balaban J connectivity index is 1.84. The molecule has 4 heteroatoms. The van der Waals surface area contributed by atoms with Gasteiger partial charge in [-0.2, -0.15) is 0 Å². The number of carbonyl (C=O) groups excluding carboxylic acids is 1. The molecule has 0 spiro atoms. The number of likely N-dealkylation sites (tertiary alicyclic amines) is 1. The van der Waals surface area contributed by atoms with Gasteiger partial charge in [0.05, 0.1) is 6.04 Å². The molecule has 2 N–H and O–H groups in total. The van der Waals surface area contributed by atoms with Crippen LogP contribution < -0.4 is 10.6 Å². The number of amides is 2. The van der Waals surface area contributed by atoms with E-state index in [9.17, 15) is 4.79 Å². The monoisotopic (exact) mass is 365 g/mol. The Morgan fingerprint density at radius 1 is 1.15 bits per heavy atom. The Kier molecular flexibility index (Phi) is 6.51. The average Bonchev–Trinajstić information content (AvgIpc) is 2.68. The highest BCUT2D eigenvalue weighted by Crippen LogP contribution is 2.25. The van der Waals surface area contributed by atoms with Crippen molar-refractivity contribution in [3.63, 3.8) is 0 Å². The van der Waals surface area contributed by atoms with Crippen molar-refractivity contribution in [3.8, 4) is 11.1 Å². The van der Waals surface area contributed by atoms with E-state index >= 15 is 0 Å². The first-order chi connectivity index (χ1) is 13.1. The molecule has 2 aromatic rings. The minimum atomic E-state index is 0.0530. The first kappa shape index (κ1) is 19.4. The smallest absolute Gasteiger partial charge is 0.317 e. The fourth-order valence-electron chi connectivity index (χ4n) is 4.10. The Labute approximate surface area is 163 Å². The predicted octanol–water partition coefficient (Wildman–Crippen LogP) is 3.99. The summed E-state index contributed by atoms with van der Waals surface area (Å²) in [4.78, 5) is 14.6. The lowest BCUT2D eigenvalue weighted by atomic mass is 9.90. The molecule has 0 bridgehead atoms. The number of urea groups is 1. The van der Waals surface area contributed by atoms with Crippen LogP contribution in [0.3, 0.4) is 0 Å². The Morgan fingerprint density at radius 3 is 2.59 bits per heavy atom. The summed E-state index contributed by atoms with van der Waals surface area (Å²) < 4.78 is 0. The van der Waals surface area contributed by atoms with Crippen molar-refractivity contribution in [2.75, 3.05) is 20.1 Å². The third-order valence-electron chi connectivity index (χ3n) is 5.46. The van der Waals surface area contributed by atoms with Gasteiger partial charge in [-0.15, -0.1) is 0 Å². The minimum absolute atomic E-state index is 0.0530. The number of hydrogen-bond acceptors (Lipinski definition) is 2. The number of rotatable bonds is 5. The summed E-state index contributed by atoms with van der Waals surface area (Å²) >= 11 is 0. The molecule has 1 aliphatic heterocycles. The SMILES string of the molecule is CCNC(=O)N1CCCC(NC)C1Cc1cccc(-c2cccc(C)c2)c1. The second-order valence-corrected chi connectivity index (χ2v) is 7.41. The molecule has 1 saturated heterocycles. The zero-order valence-electron chi connectivity index (χ0n) is 16.7. The highest BCUT2D eigenvalue weighted by Gasteiger charge is 2.33. The second-order valence-electron chi connectivity index (χ2n) is 7.41. The molecule has 0 aliphatic carbocycles. The van der Waals surface area contributed by atoms with Crippen LogP contribution in [0.2, 0.25) is 0 Å². The maximum Gasteiger partial charge on any atom is 0.317 e. The molecule has 2 aromatic carbocycles. The van der Waals surface area contributed by atoms with Crippen LogP contribution in [0.25, 0.3) is 11.1 Å². The van der Waals surface area contributed by atoms with Crippen LogP contribution in [0.1, 0.15) is 30.9 Å². The van der Waals surface area contributed by atoms with Crippen LogP contribution in [-0.2, 0) is 6.42 Å². The molecule has 27 heavy (non-hydrogen) atoms. The van der Waals surface area contributed by atoms with Gasteiger partial charge in [-0.05, 0) is 56.8 Å². The molecule has 1 fully saturated rings. The number of carbonyl (C=O) groups is 1. The molecule has 4 nitrogen and oxygen atoms in total. The summed E-state index contributed by atoms with van der Waals surface area (Å²) in [7, 11) is 2.00. The normalized spacial score (nSPS) is 19.7. The number of hydrogen-bond donors (Lipinski definition) is 2. The topological polar surface area (TPSA) is 44.4 Å². The standard InChI is InChI=1S/C23H31N3O/c1-4-25-23(27)26-13-7-12-21(24-3)22(26)16-18-9-6-11-20(15-18)19-10-5-8-17(2)14-19/h5-6,8-11,14-15,21-22,24H,4,7,12-13,16H2,1-3H3,(H,25,27). The summed E-state index contributed by atoms with van der Waals surface area (Å²) in [5.41, 5.74) is 5.02. The van der Waals surface area contributed by atoms with Crippen LogP contribution in [0.5, 0.6) is 0 Å². The van der Waals surface area contributed by atoms with Crippen molar-refractivity contribution in [1.29, 1.82) is 0 Å². The van der Waals surface area contributed by atoms with Gasteiger partial charge in [0, 0.05) is 19.1 Å². The van der Waals surface area contributed by atoms with Crippen LogP contribution in [0.4, 0.5) is 4.79 Å². The minimum Gasteiger partial charge on any atom is -0.338 e. The number of nitrogens with zero attached hydrogens (tertiary/aromatic N) is 1. The Morgan fingerprint density at radius 2 is 1.89 bits per heavy atom. The lowest BCUT2D eigenvalue weighted by molar-refractivity contribution is 0.129. The van der Waals surface area contributed by atoms with Crippen molar-refractivity contribution in [3.05, 3.63) is 59.7 Å². The molecule has 0 saturated carbocycles. The molecular weight excluding hydrogens is 334 g/mol. The molecule has 2 atom stereocenters. The summed E-state index contributed by atoms with van der Waals surface area (Å²) in [6, 6.07) is 17.9. The van der Waals surface area contributed by atoms with Gasteiger partial charge in [0.2, 0.25) is 0 Å². The quantitative estimate of drug-likeness (QED) is 0.842. The van der Waals surface area contributed by atoms with Crippen LogP contribution >= 0.6 is 0 Å².